The standard InChI is InChI=1S/C17H23N3O4/c1-13(21)18-15-3-5-16(6-4-15)20(14(2)22)8-7-17(23)19-9-11-24-12-10-19/h3-6H,7-12H2,1-2H3,(H,18,21). The van der Waals surface area contributed by atoms with Crippen molar-refractivity contribution in [1.29, 1.82) is 0 Å². The number of anilines is 2. The van der Waals surface area contributed by atoms with Crippen LogP contribution in [0.5, 0.6) is 0 Å². The monoisotopic (exact) mass is 333 g/mol. The van der Waals surface area contributed by atoms with Gasteiger partial charge in [0, 0.05) is 51.3 Å². The van der Waals surface area contributed by atoms with E-state index in [9.17, 15) is 14.4 Å². The molecule has 24 heavy (non-hydrogen) atoms. The fourth-order valence-electron chi connectivity index (χ4n) is 2.57. The third kappa shape index (κ3) is 5.06. The van der Waals surface area contributed by atoms with Gasteiger partial charge < -0.3 is 19.9 Å². The summed E-state index contributed by atoms with van der Waals surface area (Å²) < 4.78 is 5.23. The minimum Gasteiger partial charge on any atom is -0.378 e. The molecule has 1 heterocycles. The maximum absolute atomic E-state index is 12.2. The van der Waals surface area contributed by atoms with E-state index < -0.39 is 0 Å². The van der Waals surface area contributed by atoms with Crippen LogP contribution in [0.25, 0.3) is 0 Å². The van der Waals surface area contributed by atoms with Crippen LogP contribution in [0.3, 0.4) is 0 Å². The zero-order chi connectivity index (χ0) is 17.5. The summed E-state index contributed by atoms with van der Waals surface area (Å²) in [6.45, 7) is 5.56. The van der Waals surface area contributed by atoms with Gasteiger partial charge in [-0.15, -0.1) is 0 Å². The van der Waals surface area contributed by atoms with Crippen LogP contribution in [0.15, 0.2) is 24.3 Å². The lowest BCUT2D eigenvalue weighted by atomic mass is 10.2. The summed E-state index contributed by atoms with van der Waals surface area (Å²) in [5.41, 5.74) is 1.37. The van der Waals surface area contributed by atoms with Gasteiger partial charge in [0.15, 0.2) is 0 Å². The van der Waals surface area contributed by atoms with Gasteiger partial charge in [-0.25, -0.2) is 0 Å². The number of nitrogens with zero attached hydrogens (tertiary/aromatic N) is 2. The van der Waals surface area contributed by atoms with Gasteiger partial charge in [-0.2, -0.15) is 0 Å². The first-order valence-corrected chi connectivity index (χ1v) is 7.98. The molecule has 0 bridgehead atoms. The number of hydrogen-bond donors (Lipinski definition) is 1. The van der Waals surface area contributed by atoms with Crippen molar-refractivity contribution in [3.8, 4) is 0 Å². The van der Waals surface area contributed by atoms with E-state index >= 15 is 0 Å². The summed E-state index contributed by atoms with van der Waals surface area (Å²) >= 11 is 0. The summed E-state index contributed by atoms with van der Waals surface area (Å²) in [6.07, 6.45) is 0.271. The average molecular weight is 333 g/mol. The highest BCUT2D eigenvalue weighted by Crippen LogP contribution is 2.19. The Morgan fingerprint density at radius 3 is 2.29 bits per heavy atom. The van der Waals surface area contributed by atoms with Crippen molar-refractivity contribution < 1.29 is 19.1 Å². The Balaban J connectivity index is 1.97. The second-order valence-electron chi connectivity index (χ2n) is 5.64. The lowest BCUT2D eigenvalue weighted by Crippen LogP contribution is -2.42. The molecular weight excluding hydrogens is 310 g/mol. The summed E-state index contributed by atoms with van der Waals surface area (Å²) in [5.74, 6) is -0.251. The molecule has 1 aromatic carbocycles. The zero-order valence-electron chi connectivity index (χ0n) is 14.1. The van der Waals surface area contributed by atoms with Crippen LogP contribution in [0.1, 0.15) is 20.3 Å². The Hall–Kier alpha value is -2.41. The molecule has 1 fully saturated rings. The molecule has 0 aliphatic carbocycles. The van der Waals surface area contributed by atoms with E-state index in [0.717, 1.165) is 0 Å². The van der Waals surface area contributed by atoms with Gasteiger partial charge in [-0.1, -0.05) is 0 Å². The Morgan fingerprint density at radius 1 is 1.12 bits per heavy atom. The molecule has 1 aromatic rings. The van der Waals surface area contributed by atoms with Gasteiger partial charge in [0.05, 0.1) is 13.2 Å². The van der Waals surface area contributed by atoms with Crippen LogP contribution in [-0.4, -0.2) is 55.5 Å². The first kappa shape index (κ1) is 17.9. The van der Waals surface area contributed by atoms with Crippen molar-refractivity contribution in [3.05, 3.63) is 24.3 Å². The first-order chi connectivity index (χ1) is 11.5. The van der Waals surface area contributed by atoms with Crippen molar-refractivity contribution in [2.45, 2.75) is 20.3 Å². The molecule has 0 spiro atoms. The number of carbonyl (C=O) groups is 3. The van der Waals surface area contributed by atoms with E-state index in [1.54, 1.807) is 34.1 Å². The molecule has 0 saturated carbocycles. The summed E-state index contributed by atoms with van der Waals surface area (Å²) in [6, 6.07) is 6.98. The topological polar surface area (TPSA) is 79.0 Å². The molecule has 0 radical (unpaired) electrons. The highest BCUT2D eigenvalue weighted by Gasteiger charge is 2.19. The summed E-state index contributed by atoms with van der Waals surface area (Å²) in [7, 11) is 0. The van der Waals surface area contributed by atoms with Crippen LogP contribution in [-0.2, 0) is 19.1 Å². The maximum Gasteiger partial charge on any atom is 0.224 e. The van der Waals surface area contributed by atoms with Crippen molar-refractivity contribution in [3.63, 3.8) is 0 Å². The van der Waals surface area contributed by atoms with Crippen LogP contribution < -0.4 is 10.2 Å². The predicted octanol–water partition coefficient (Wildman–Crippen LogP) is 1.25. The molecule has 7 heteroatoms. The van der Waals surface area contributed by atoms with E-state index in [1.807, 2.05) is 0 Å². The van der Waals surface area contributed by atoms with Crippen molar-refractivity contribution in [1.82, 2.24) is 4.90 Å². The first-order valence-electron chi connectivity index (χ1n) is 7.98. The second-order valence-corrected chi connectivity index (χ2v) is 5.64. The van der Waals surface area contributed by atoms with E-state index in [0.29, 0.717) is 44.2 Å². The molecule has 1 N–H and O–H groups in total. The van der Waals surface area contributed by atoms with E-state index in [1.165, 1.54) is 13.8 Å². The van der Waals surface area contributed by atoms with E-state index in [2.05, 4.69) is 5.32 Å². The average Bonchev–Trinajstić information content (AvgIpc) is 2.56. The Bertz CT molecular complexity index is 594. The highest BCUT2D eigenvalue weighted by atomic mass is 16.5. The number of morpholine rings is 1. The Morgan fingerprint density at radius 2 is 1.75 bits per heavy atom. The third-order valence-corrected chi connectivity index (χ3v) is 3.79. The number of rotatable bonds is 5. The lowest BCUT2D eigenvalue weighted by molar-refractivity contribution is -0.135. The molecule has 130 valence electrons. The van der Waals surface area contributed by atoms with Crippen molar-refractivity contribution >= 4 is 29.1 Å². The number of carbonyl (C=O) groups excluding carboxylic acids is 3. The molecule has 1 aliphatic heterocycles. The van der Waals surface area contributed by atoms with Gasteiger partial charge in [-0.3, -0.25) is 14.4 Å². The van der Waals surface area contributed by atoms with Crippen LogP contribution >= 0.6 is 0 Å². The number of hydrogen-bond acceptors (Lipinski definition) is 4. The van der Waals surface area contributed by atoms with E-state index in [4.69, 9.17) is 4.74 Å². The smallest absolute Gasteiger partial charge is 0.224 e. The number of benzene rings is 1. The largest absolute Gasteiger partial charge is 0.378 e. The fraction of sp³-hybridized carbons (Fsp3) is 0.471. The molecule has 3 amide bonds. The van der Waals surface area contributed by atoms with Crippen LogP contribution in [0.4, 0.5) is 11.4 Å². The third-order valence-electron chi connectivity index (χ3n) is 3.79. The molecule has 0 unspecified atom stereocenters. The van der Waals surface area contributed by atoms with Gasteiger partial charge in [-0.05, 0) is 24.3 Å². The second kappa shape index (κ2) is 8.44. The molecule has 1 saturated heterocycles. The summed E-state index contributed by atoms with van der Waals surface area (Å²) in [5, 5.41) is 2.68. The Labute approximate surface area is 141 Å². The number of amides is 3. The Kier molecular flexibility index (Phi) is 6.31. The molecule has 2 rings (SSSR count). The fourth-order valence-corrected chi connectivity index (χ4v) is 2.57. The lowest BCUT2D eigenvalue weighted by Gasteiger charge is -2.28. The van der Waals surface area contributed by atoms with Gasteiger partial charge in [0.2, 0.25) is 17.7 Å². The van der Waals surface area contributed by atoms with Crippen LogP contribution in [0.2, 0.25) is 0 Å². The summed E-state index contributed by atoms with van der Waals surface area (Å²) in [4.78, 5) is 38.5. The molecular formula is C17H23N3O4. The van der Waals surface area contributed by atoms with Crippen LogP contribution in [0, 0.1) is 0 Å². The minimum atomic E-state index is -0.151. The zero-order valence-corrected chi connectivity index (χ0v) is 14.1. The van der Waals surface area contributed by atoms with Gasteiger partial charge in [0.25, 0.3) is 0 Å². The van der Waals surface area contributed by atoms with Crippen molar-refractivity contribution in [2.24, 2.45) is 0 Å². The SMILES string of the molecule is CC(=O)Nc1ccc(N(CCC(=O)N2CCOCC2)C(C)=O)cc1. The van der Waals surface area contributed by atoms with Gasteiger partial charge in [0.1, 0.15) is 0 Å². The molecule has 7 nitrogen and oxygen atoms in total. The molecule has 0 aromatic heterocycles. The minimum absolute atomic E-state index is 0.0272. The molecule has 0 atom stereocenters. The van der Waals surface area contributed by atoms with Gasteiger partial charge >= 0.3 is 0 Å². The van der Waals surface area contributed by atoms with Crippen molar-refractivity contribution in [2.75, 3.05) is 43.1 Å². The number of ether oxygens (including phenoxy) is 1. The molecule has 1 aliphatic rings. The normalized spacial score (nSPS) is 14.2. The number of nitrogens with one attached hydrogen (secondary N) is 1. The highest BCUT2D eigenvalue weighted by molar-refractivity contribution is 5.93. The quantitative estimate of drug-likeness (QED) is 0.879. The van der Waals surface area contributed by atoms with E-state index in [-0.39, 0.29) is 24.1 Å². The predicted molar refractivity (Wildman–Crippen MR) is 90.8 cm³/mol. The maximum atomic E-state index is 12.2.